The van der Waals surface area contributed by atoms with Crippen LogP contribution < -0.4 is 15.2 Å². The lowest BCUT2D eigenvalue weighted by atomic mass is 10.1. The fraction of sp³-hybridized carbons (Fsp3) is 0.188. The van der Waals surface area contributed by atoms with Crippen LogP contribution in [-0.4, -0.2) is 12.1 Å². The lowest BCUT2D eigenvalue weighted by molar-refractivity contribution is 0.302. The average Bonchev–Trinajstić information content (AvgIpc) is 2.47. The zero-order chi connectivity index (χ0) is 15.4. The van der Waals surface area contributed by atoms with Crippen molar-refractivity contribution >= 4 is 17.2 Å². The normalized spacial score (nSPS) is 10.2. The summed E-state index contributed by atoms with van der Waals surface area (Å²) in [5.74, 6) is 0.890. The maximum atomic E-state index is 13.3. The van der Waals surface area contributed by atoms with E-state index < -0.39 is 0 Å². The van der Waals surface area contributed by atoms with Crippen LogP contribution in [0.25, 0.3) is 0 Å². The molecule has 2 aromatic rings. The number of ether oxygens (including phenoxy) is 2. The highest BCUT2D eigenvalue weighted by molar-refractivity contribution is 7.80. The van der Waals surface area contributed by atoms with Crippen molar-refractivity contribution in [2.75, 3.05) is 7.11 Å². The number of nitrogens with two attached hydrogens (primary N) is 1. The molecule has 0 heterocycles. The molecule has 2 rings (SSSR count). The van der Waals surface area contributed by atoms with Crippen LogP contribution >= 0.6 is 12.2 Å². The van der Waals surface area contributed by atoms with Gasteiger partial charge in [-0.05, 0) is 42.3 Å². The summed E-state index contributed by atoms with van der Waals surface area (Å²) in [4.78, 5) is 0.265. The average molecular weight is 305 g/mol. The van der Waals surface area contributed by atoms with E-state index in [-0.39, 0.29) is 17.4 Å². The number of halogens is 1. The van der Waals surface area contributed by atoms with E-state index in [0.29, 0.717) is 17.1 Å². The minimum atomic E-state index is -0.284. The Morgan fingerprint density at radius 3 is 2.57 bits per heavy atom. The van der Waals surface area contributed by atoms with Gasteiger partial charge in [-0.1, -0.05) is 18.3 Å². The summed E-state index contributed by atoms with van der Waals surface area (Å²) >= 11 is 4.96. The summed E-state index contributed by atoms with van der Waals surface area (Å²) in [5.41, 5.74) is 8.04. The molecule has 5 heteroatoms. The molecule has 0 spiro atoms. The lowest BCUT2D eigenvalue weighted by Crippen LogP contribution is -2.10. The van der Waals surface area contributed by atoms with Gasteiger partial charge in [0.1, 0.15) is 28.9 Å². The van der Waals surface area contributed by atoms with E-state index >= 15 is 0 Å². The van der Waals surface area contributed by atoms with Crippen molar-refractivity contribution in [2.24, 2.45) is 5.73 Å². The van der Waals surface area contributed by atoms with Gasteiger partial charge in [0.05, 0.1) is 7.11 Å². The molecule has 0 radical (unpaired) electrons. The summed E-state index contributed by atoms with van der Waals surface area (Å²) in [5, 5.41) is 0. The Bertz CT molecular complexity index is 673. The maximum absolute atomic E-state index is 13.3. The molecule has 2 N–H and O–H groups in total. The molecule has 0 amide bonds. The van der Waals surface area contributed by atoms with Crippen LogP contribution in [0.1, 0.15) is 16.7 Å². The Labute approximate surface area is 128 Å². The van der Waals surface area contributed by atoms with Gasteiger partial charge < -0.3 is 15.2 Å². The first-order valence-electron chi connectivity index (χ1n) is 6.36. The number of rotatable bonds is 5. The Hall–Kier alpha value is -2.14. The highest BCUT2D eigenvalue weighted by Gasteiger charge is 2.06. The highest BCUT2D eigenvalue weighted by Crippen LogP contribution is 2.24. The van der Waals surface area contributed by atoms with Gasteiger partial charge in [0.2, 0.25) is 0 Å². The molecule has 0 atom stereocenters. The summed E-state index contributed by atoms with van der Waals surface area (Å²) < 4.78 is 24.1. The molecule has 0 aliphatic carbocycles. The Morgan fingerprint density at radius 2 is 1.90 bits per heavy atom. The third kappa shape index (κ3) is 3.92. The second-order valence-corrected chi connectivity index (χ2v) is 5.06. The van der Waals surface area contributed by atoms with E-state index in [9.17, 15) is 4.39 Å². The van der Waals surface area contributed by atoms with Crippen molar-refractivity contribution in [3.63, 3.8) is 0 Å². The van der Waals surface area contributed by atoms with Crippen molar-refractivity contribution in [3.8, 4) is 11.5 Å². The predicted octanol–water partition coefficient (Wildman–Crippen LogP) is 3.36. The van der Waals surface area contributed by atoms with Gasteiger partial charge in [0.25, 0.3) is 0 Å². The van der Waals surface area contributed by atoms with E-state index in [0.717, 1.165) is 11.1 Å². The molecule has 3 nitrogen and oxygen atoms in total. The van der Waals surface area contributed by atoms with E-state index in [1.807, 2.05) is 6.92 Å². The van der Waals surface area contributed by atoms with Gasteiger partial charge in [-0.3, -0.25) is 0 Å². The second kappa shape index (κ2) is 6.54. The van der Waals surface area contributed by atoms with Crippen LogP contribution in [0.15, 0.2) is 36.4 Å². The topological polar surface area (TPSA) is 44.5 Å². The summed E-state index contributed by atoms with van der Waals surface area (Å²) in [6.07, 6.45) is 0. The first kappa shape index (κ1) is 15.3. The number of hydrogen-bond donors (Lipinski definition) is 1. The molecule has 2 aromatic carbocycles. The molecule has 110 valence electrons. The quantitative estimate of drug-likeness (QED) is 0.860. The Kier molecular flexibility index (Phi) is 4.75. The molecule has 0 saturated heterocycles. The van der Waals surface area contributed by atoms with Gasteiger partial charge in [-0.2, -0.15) is 0 Å². The zero-order valence-corrected chi connectivity index (χ0v) is 12.7. The zero-order valence-electron chi connectivity index (χ0n) is 11.9. The fourth-order valence-electron chi connectivity index (χ4n) is 1.87. The number of hydrogen-bond acceptors (Lipinski definition) is 3. The molecule has 0 bridgehead atoms. The third-order valence-corrected chi connectivity index (χ3v) is 3.34. The summed E-state index contributed by atoms with van der Waals surface area (Å²) in [7, 11) is 1.55. The SMILES string of the molecule is COc1cc(OCc2cc(F)ccc2C)cc(C(N)=S)c1. The van der Waals surface area contributed by atoms with Crippen molar-refractivity contribution < 1.29 is 13.9 Å². The minimum absolute atomic E-state index is 0.257. The van der Waals surface area contributed by atoms with E-state index in [4.69, 9.17) is 27.4 Å². The van der Waals surface area contributed by atoms with Crippen molar-refractivity contribution in [1.29, 1.82) is 0 Å². The van der Waals surface area contributed by atoms with Gasteiger partial charge >= 0.3 is 0 Å². The highest BCUT2D eigenvalue weighted by atomic mass is 32.1. The van der Waals surface area contributed by atoms with Crippen molar-refractivity contribution in [3.05, 3.63) is 58.9 Å². The smallest absolute Gasteiger partial charge is 0.124 e. The molecule has 0 aliphatic rings. The van der Waals surface area contributed by atoms with Gasteiger partial charge in [0.15, 0.2) is 0 Å². The molecule has 0 saturated carbocycles. The maximum Gasteiger partial charge on any atom is 0.124 e. The van der Waals surface area contributed by atoms with Crippen molar-refractivity contribution in [2.45, 2.75) is 13.5 Å². The summed E-state index contributed by atoms with van der Waals surface area (Å²) in [6, 6.07) is 9.82. The number of benzene rings is 2. The molecule has 0 fully saturated rings. The predicted molar refractivity (Wildman–Crippen MR) is 84.4 cm³/mol. The van der Waals surface area contributed by atoms with Gasteiger partial charge in [0, 0.05) is 11.6 Å². The largest absolute Gasteiger partial charge is 0.497 e. The molecular weight excluding hydrogens is 289 g/mol. The fourth-order valence-corrected chi connectivity index (χ4v) is 1.99. The monoisotopic (exact) mass is 305 g/mol. The van der Waals surface area contributed by atoms with Gasteiger partial charge in [-0.15, -0.1) is 0 Å². The minimum Gasteiger partial charge on any atom is -0.497 e. The van der Waals surface area contributed by atoms with Crippen LogP contribution in [0.3, 0.4) is 0 Å². The second-order valence-electron chi connectivity index (χ2n) is 4.62. The first-order chi connectivity index (χ1) is 9.99. The van der Waals surface area contributed by atoms with Gasteiger partial charge in [-0.25, -0.2) is 4.39 Å². The molecule has 0 aliphatic heterocycles. The van der Waals surface area contributed by atoms with Crippen LogP contribution in [0.5, 0.6) is 11.5 Å². The lowest BCUT2D eigenvalue weighted by Gasteiger charge is -2.11. The van der Waals surface area contributed by atoms with Crippen LogP contribution in [0, 0.1) is 12.7 Å². The van der Waals surface area contributed by atoms with E-state index in [2.05, 4.69) is 0 Å². The Balaban J connectivity index is 2.21. The van der Waals surface area contributed by atoms with Crippen LogP contribution in [0.4, 0.5) is 4.39 Å². The van der Waals surface area contributed by atoms with E-state index in [1.54, 1.807) is 31.4 Å². The molecular formula is C16H16FNO2S. The van der Waals surface area contributed by atoms with Crippen LogP contribution in [-0.2, 0) is 6.61 Å². The first-order valence-corrected chi connectivity index (χ1v) is 6.77. The van der Waals surface area contributed by atoms with Crippen LogP contribution in [0.2, 0.25) is 0 Å². The third-order valence-electron chi connectivity index (χ3n) is 3.11. The number of thiocarbonyl (C=S) groups is 1. The summed E-state index contributed by atoms with van der Waals surface area (Å²) in [6.45, 7) is 2.16. The number of methoxy groups -OCH3 is 1. The van der Waals surface area contributed by atoms with E-state index in [1.165, 1.54) is 12.1 Å². The number of aryl methyl sites for hydroxylation is 1. The Morgan fingerprint density at radius 1 is 1.19 bits per heavy atom. The standard InChI is InChI=1S/C16H16FNO2S/c1-10-3-4-13(17)5-12(10)9-20-15-7-11(16(18)21)6-14(8-15)19-2/h3-8H,9H2,1-2H3,(H2,18,21). The molecule has 21 heavy (non-hydrogen) atoms. The van der Waals surface area contributed by atoms with Crippen molar-refractivity contribution in [1.82, 2.24) is 0 Å². The molecule has 0 aromatic heterocycles. The molecule has 0 unspecified atom stereocenters.